The second-order valence-corrected chi connectivity index (χ2v) is 4.35. The van der Waals surface area contributed by atoms with E-state index < -0.39 is 12.0 Å². The highest BCUT2D eigenvalue weighted by Crippen LogP contribution is 2.22. The number of nitrogens with one attached hydrogen (secondary N) is 1. The molecular weight excluding hydrogens is 266 g/mol. The van der Waals surface area contributed by atoms with Crippen molar-refractivity contribution in [2.45, 2.75) is 13.0 Å². The molecule has 98 valence electrons. The van der Waals surface area contributed by atoms with E-state index in [1.165, 1.54) is 12.1 Å². The van der Waals surface area contributed by atoms with E-state index in [2.05, 4.69) is 15.5 Å². The monoisotopic (exact) mass is 277 g/mol. The summed E-state index contributed by atoms with van der Waals surface area (Å²) in [6, 6.07) is 9.99. The van der Waals surface area contributed by atoms with Gasteiger partial charge in [-0.2, -0.15) is 0 Å². The largest absolute Gasteiger partial charge is 0.389 e. The van der Waals surface area contributed by atoms with Crippen molar-refractivity contribution in [3.8, 4) is 0 Å². The van der Waals surface area contributed by atoms with Crippen LogP contribution in [0.1, 0.15) is 29.1 Å². The molecule has 1 amide bonds. The van der Waals surface area contributed by atoms with Crippen LogP contribution in [0, 0.1) is 0 Å². The number of halogens is 1. The first kappa shape index (κ1) is 13.5. The van der Waals surface area contributed by atoms with Crippen LogP contribution in [0.3, 0.4) is 0 Å². The zero-order valence-electron chi connectivity index (χ0n) is 10.2. The number of benzene rings is 1. The molecule has 0 aliphatic rings. The van der Waals surface area contributed by atoms with Gasteiger partial charge in [-0.15, -0.1) is 10.2 Å². The van der Waals surface area contributed by atoms with Crippen LogP contribution < -0.4 is 5.32 Å². The van der Waals surface area contributed by atoms with Crippen molar-refractivity contribution in [3.63, 3.8) is 0 Å². The number of aromatic nitrogens is 2. The fourth-order valence-electron chi connectivity index (χ4n) is 1.60. The molecule has 0 fully saturated rings. The molecule has 0 saturated carbocycles. The molecule has 6 heteroatoms. The van der Waals surface area contributed by atoms with Crippen LogP contribution in [0.15, 0.2) is 36.4 Å². The van der Waals surface area contributed by atoms with Gasteiger partial charge in [0.15, 0.2) is 10.8 Å². The molecule has 1 heterocycles. The number of hydrogen-bond donors (Lipinski definition) is 2. The lowest BCUT2D eigenvalue weighted by Crippen LogP contribution is -2.15. The zero-order valence-corrected chi connectivity index (χ0v) is 10.9. The SMILES string of the molecule is CC(O)c1ccccc1NC(=O)c1ccc(Cl)nn1. The fraction of sp³-hybridized carbons (Fsp3) is 0.154. The fourth-order valence-corrected chi connectivity index (χ4v) is 1.70. The lowest BCUT2D eigenvalue weighted by molar-refractivity contribution is 0.102. The summed E-state index contributed by atoms with van der Waals surface area (Å²) < 4.78 is 0. The number of anilines is 1. The van der Waals surface area contributed by atoms with Crippen LogP contribution in [0.25, 0.3) is 0 Å². The number of nitrogens with zero attached hydrogens (tertiary/aromatic N) is 2. The minimum atomic E-state index is -0.673. The number of carbonyl (C=O) groups excluding carboxylic acids is 1. The highest BCUT2D eigenvalue weighted by atomic mass is 35.5. The summed E-state index contributed by atoms with van der Waals surface area (Å²) >= 11 is 5.60. The molecule has 2 N–H and O–H groups in total. The zero-order chi connectivity index (χ0) is 13.8. The average Bonchev–Trinajstić information content (AvgIpc) is 2.39. The van der Waals surface area contributed by atoms with Crippen LogP contribution in [-0.4, -0.2) is 21.2 Å². The Bertz CT molecular complexity index is 585. The summed E-state index contributed by atoms with van der Waals surface area (Å²) in [6.45, 7) is 1.63. The van der Waals surface area contributed by atoms with E-state index in [4.69, 9.17) is 11.6 Å². The van der Waals surface area contributed by atoms with E-state index in [0.717, 1.165) is 0 Å². The molecule has 0 saturated heterocycles. The normalized spacial score (nSPS) is 11.9. The van der Waals surface area contributed by atoms with E-state index >= 15 is 0 Å². The second kappa shape index (κ2) is 5.77. The van der Waals surface area contributed by atoms with Crippen LogP contribution in [0.2, 0.25) is 5.15 Å². The minimum absolute atomic E-state index is 0.157. The van der Waals surface area contributed by atoms with Crippen molar-refractivity contribution in [3.05, 3.63) is 52.8 Å². The van der Waals surface area contributed by atoms with Gasteiger partial charge in [-0.1, -0.05) is 29.8 Å². The van der Waals surface area contributed by atoms with Crippen molar-refractivity contribution in [2.75, 3.05) is 5.32 Å². The molecule has 19 heavy (non-hydrogen) atoms. The van der Waals surface area contributed by atoms with E-state index in [1.54, 1.807) is 31.2 Å². The third kappa shape index (κ3) is 3.27. The van der Waals surface area contributed by atoms with E-state index in [-0.39, 0.29) is 10.8 Å². The molecule has 0 bridgehead atoms. The highest BCUT2D eigenvalue weighted by molar-refractivity contribution is 6.29. The van der Waals surface area contributed by atoms with Gasteiger partial charge < -0.3 is 10.4 Å². The van der Waals surface area contributed by atoms with Gasteiger partial charge in [-0.05, 0) is 25.1 Å². The van der Waals surface area contributed by atoms with E-state index in [0.29, 0.717) is 11.3 Å². The number of hydrogen-bond acceptors (Lipinski definition) is 4. The molecule has 1 aromatic heterocycles. The van der Waals surface area contributed by atoms with Crippen LogP contribution in [0.5, 0.6) is 0 Å². The van der Waals surface area contributed by atoms with E-state index in [1.807, 2.05) is 0 Å². The third-order valence-electron chi connectivity index (χ3n) is 2.52. The molecule has 0 aliphatic heterocycles. The van der Waals surface area contributed by atoms with Gasteiger partial charge in [-0.3, -0.25) is 4.79 Å². The van der Waals surface area contributed by atoms with Crippen LogP contribution >= 0.6 is 11.6 Å². The second-order valence-electron chi connectivity index (χ2n) is 3.96. The van der Waals surface area contributed by atoms with Crippen molar-refractivity contribution in [1.82, 2.24) is 10.2 Å². The Balaban J connectivity index is 2.22. The lowest BCUT2D eigenvalue weighted by atomic mass is 10.1. The average molecular weight is 278 g/mol. The van der Waals surface area contributed by atoms with Crippen LogP contribution in [-0.2, 0) is 0 Å². The molecule has 0 spiro atoms. The summed E-state index contributed by atoms with van der Waals surface area (Å²) in [5.74, 6) is -0.405. The van der Waals surface area contributed by atoms with Gasteiger partial charge in [0, 0.05) is 11.3 Å². The van der Waals surface area contributed by atoms with Gasteiger partial charge >= 0.3 is 0 Å². The van der Waals surface area contributed by atoms with Gasteiger partial charge in [0.25, 0.3) is 5.91 Å². The number of amides is 1. The predicted molar refractivity (Wildman–Crippen MR) is 72.1 cm³/mol. The summed E-state index contributed by atoms with van der Waals surface area (Å²) in [4.78, 5) is 12.0. The molecule has 1 aromatic carbocycles. The molecule has 2 aromatic rings. The third-order valence-corrected chi connectivity index (χ3v) is 2.73. The Kier molecular flexibility index (Phi) is 4.09. The van der Waals surface area contributed by atoms with Crippen LogP contribution in [0.4, 0.5) is 5.69 Å². The van der Waals surface area contributed by atoms with Crippen molar-refractivity contribution < 1.29 is 9.90 Å². The van der Waals surface area contributed by atoms with Gasteiger partial charge in [0.1, 0.15) is 0 Å². The van der Waals surface area contributed by atoms with Gasteiger partial charge in [-0.25, -0.2) is 0 Å². The summed E-state index contributed by atoms with van der Waals surface area (Å²) in [5, 5.41) is 19.8. The van der Waals surface area contributed by atoms with Crippen molar-refractivity contribution in [2.24, 2.45) is 0 Å². The van der Waals surface area contributed by atoms with Gasteiger partial charge in [0.05, 0.1) is 6.10 Å². The molecular formula is C13H12ClN3O2. The summed E-state index contributed by atoms with van der Waals surface area (Å²) in [6.07, 6.45) is -0.673. The topological polar surface area (TPSA) is 75.1 Å². The highest BCUT2D eigenvalue weighted by Gasteiger charge is 2.12. The Hall–Kier alpha value is -1.98. The minimum Gasteiger partial charge on any atom is -0.389 e. The van der Waals surface area contributed by atoms with Crippen molar-refractivity contribution in [1.29, 1.82) is 0 Å². The number of aliphatic hydroxyl groups is 1. The summed E-state index contributed by atoms with van der Waals surface area (Å²) in [7, 11) is 0. The standard InChI is InChI=1S/C13H12ClN3O2/c1-8(18)9-4-2-3-5-10(9)15-13(19)11-6-7-12(14)17-16-11/h2-8,18H,1H3,(H,15,19). The predicted octanol–water partition coefficient (Wildman–Crippen LogP) is 2.44. The van der Waals surface area contributed by atoms with Crippen molar-refractivity contribution >= 4 is 23.2 Å². The first-order valence-corrected chi connectivity index (χ1v) is 6.03. The molecule has 1 atom stereocenters. The maximum absolute atomic E-state index is 12.0. The molecule has 5 nitrogen and oxygen atoms in total. The molecule has 2 rings (SSSR count). The first-order valence-electron chi connectivity index (χ1n) is 5.65. The maximum atomic E-state index is 12.0. The summed E-state index contributed by atoms with van der Waals surface area (Å²) in [5.41, 5.74) is 1.34. The molecule has 1 unspecified atom stereocenters. The smallest absolute Gasteiger partial charge is 0.276 e. The number of para-hydroxylation sites is 1. The Labute approximate surface area is 115 Å². The maximum Gasteiger partial charge on any atom is 0.276 e. The first-order chi connectivity index (χ1) is 9.08. The number of rotatable bonds is 3. The van der Waals surface area contributed by atoms with Gasteiger partial charge in [0.2, 0.25) is 0 Å². The van der Waals surface area contributed by atoms with E-state index in [9.17, 15) is 9.90 Å². The number of carbonyl (C=O) groups is 1. The quantitative estimate of drug-likeness (QED) is 0.903. The lowest BCUT2D eigenvalue weighted by Gasteiger charge is -2.12. The Morgan fingerprint density at radius 2 is 2.00 bits per heavy atom. The Morgan fingerprint density at radius 1 is 1.26 bits per heavy atom. The molecule has 0 aliphatic carbocycles. The molecule has 0 radical (unpaired) electrons. The number of aliphatic hydroxyl groups excluding tert-OH is 1. The Morgan fingerprint density at radius 3 is 2.63 bits per heavy atom.